The summed E-state index contributed by atoms with van der Waals surface area (Å²) in [6.45, 7) is 0. The fourth-order valence-electron chi connectivity index (χ4n) is 6.53. The van der Waals surface area contributed by atoms with Crippen molar-refractivity contribution in [1.82, 2.24) is 0 Å². The first kappa shape index (κ1) is 25.1. The van der Waals surface area contributed by atoms with Crippen molar-refractivity contribution in [2.24, 2.45) is 0 Å². The van der Waals surface area contributed by atoms with Gasteiger partial charge in [0.1, 0.15) is 0 Å². The lowest BCUT2D eigenvalue weighted by atomic mass is 9.85. The van der Waals surface area contributed by atoms with Gasteiger partial charge in [0.05, 0.1) is 5.69 Å². The molecule has 0 saturated heterocycles. The second kappa shape index (κ2) is 10.6. The van der Waals surface area contributed by atoms with E-state index in [4.69, 9.17) is 0 Å². The molecule has 0 atom stereocenters. The molecule has 0 heterocycles. The predicted molar refractivity (Wildman–Crippen MR) is 185 cm³/mol. The summed E-state index contributed by atoms with van der Waals surface area (Å²) < 4.78 is 0. The average molecular weight is 548 g/mol. The van der Waals surface area contributed by atoms with Crippen LogP contribution in [0.4, 0.5) is 17.1 Å². The van der Waals surface area contributed by atoms with Crippen LogP contribution in [0.5, 0.6) is 0 Å². The zero-order chi connectivity index (χ0) is 28.6. The van der Waals surface area contributed by atoms with Crippen molar-refractivity contribution in [2.45, 2.75) is 0 Å². The van der Waals surface area contributed by atoms with E-state index in [1.807, 2.05) is 0 Å². The molecule has 8 rings (SSSR count). The normalized spacial score (nSPS) is 11.3. The lowest BCUT2D eigenvalue weighted by molar-refractivity contribution is 1.30. The van der Waals surface area contributed by atoms with E-state index >= 15 is 0 Å². The van der Waals surface area contributed by atoms with Gasteiger partial charge in [-0.15, -0.1) is 0 Å². The molecule has 0 aliphatic rings. The van der Waals surface area contributed by atoms with E-state index in [0.29, 0.717) is 0 Å². The van der Waals surface area contributed by atoms with E-state index < -0.39 is 0 Å². The Morgan fingerprint density at radius 2 is 0.721 bits per heavy atom. The molecule has 43 heavy (non-hydrogen) atoms. The molecule has 8 aromatic rings. The van der Waals surface area contributed by atoms with Gasteiger partial charge in [-0.3, -0.25) is 0 Å². The first-order valence-corrected chi connectivity index (χ1v) is 14.8. The largest absolute Gasteiger partial charge is 0.310 e. The Balaban J connectivity index is 1.36. The molecule has 1 heteroatoms. The highest BCUT2D eigenvalue weighted by Crippen LogP contribution is 2.45. The van der Waals surface area contributed by atoms with Crippen LogP contribution in [-0.4, -0.2) is 0 Å². The van der Waals surface area contributed by atoms with Gasteiger partial charge in [-0.25, -0.2) is 0 Å². The molecule has 1 nitrogen and oxygen atoms in total. The van der Waals surface area contributed by atoms with Gasteiger partial charge in [0.2, 0.25) is 0 Å². The van der Waals surface area contributed by atoms with Crippen LogP contribution >= 0.6 is 0 Å². The van der Waals surface area contributed by atoms with Crippen LogP contribution in [0.25, 0.3) is 54.6 Å². The molecule has 202 valence electrons. The van der Waals surface area contributed by atoms with Crippen molar-refractivity contribution in [3.8, 4) is 22.3 Å². The van der Waals surface area contributed by atoms with Crippen LogP contribution in [0.1, 0.15) is 0 Å². The molecule has 0 N–H and O–H groups in total. The van der Waals surface area contributed by atoms with Gasteiger partial charge >= 0.3 is 0 Å². The van der Waals surface area contributed by atoms with Gasteiger partial charge in [-0.2, -0.15) is 0 Å². The Morgan fingerprint density at radius 3 is 1.35 bits per heavy atom. The number of rotatable bonds is 5. The molecule has 0 saturated carbocycles. The SMILES string of the molecule is c1ccc(-c2c(-c3ccc(N(c4ccccc4)c4cccc5ccccc45)cc3)c3ccccc3c3ccccc23)cc1. The Labute approximate surface area is 251 Å². The van der Waals surface area contributed by atoms with Gasteiger partial charge in [0, 0.05) is 16.8 Å². The first-order chi connectivity index (χ1) is 21.4. The van der Waals surface area contributed by atoms with Crippen molar-refractivity contribution >= 4 is 49.4 Å². The zero-order valence-electron chi connectivity index (χ0n) is 23.7. The second-order valence-electron chi connectivity index (χ2n) is 10.9. The Kier molecular flexibility index (Phi) is 6.20. The van der Waals surface area contributed by atoms with Crippen molar-refractivity contribution < 1.29 is 0 Å². The molecular formula is C42H29N. The monoisotopic (exact) mass is 547 g/mol. The minimum Gasteiger partial charge on any atom is -0.310 e. The molecule has 0 fully saturated rings. The van der Waals surface area contributed by atoms with E-state index in [1.54, 1.807) is 0 Å². The van der Waals surface area contributed by atoms with Crippen LogP contribution < -0.4 is 4.90 Å². The molecule has 0 spiro atoms. The van der Waals surface area contributed by atoms with Gasteiger partial charge in [0.25, 0.3) is 0 Å². The lowest BCUT2D eigenvalue weighted by Crippen LogP contribution is -2.10. The quantitative estimate of drug-likeness (QED) is 0.194. The van der Waals surface area contributed by atoms with Crippen LogP contribution in [0, 0.1) is 0 Å². The van der Waals surface area contributed by atoms with Crippen LogP contribution in [0.2, 0.25) is 0 Å². The first-order valence-electron chi connectivity index (χ1n) is 14.8. The molecule has 0 amide bonds. The van der Waals surface area contributed by atoms with Crippen LogP contribution in [0.15, 0.2) is 176 Å². The zero-order valence-corrected chi connectivity index (χ0v) is 23.7. The van der Waals surface area contributed by atoms with Crippen molar-refractivity contribution in [3.05, 3.63) is 176 Å². The highest BCUT2D eigenvalue weighted by Gasteiger charge is 2.19. The fourth-order valence-corrected chi connectivity index (χ4v) is 6.53. The molecule has 0 aromatic heterocycles. The summed E-state index contributed by atoms with van der Waals surface area (Å²) in [5.74, 6) is 0. The summed E-state index contributed by atoms with van der Waals surface area (Å²) in [5, 5.41) is 7.55. The minimum absolute atomic E-state index is 1.12. The maximum absolute atomic E-state index is 2.36. The number of anilines is 3. The highest BCUT2D eigenvalue weighted by atomic mass is 15.1. The summed E-state index contributed by atoms with van der Waals surface area (Å²) in [4.78, 5) is 2.36. The molecule has 0 bridgehead atoms. The molecule has 0 aliphatic carbocycles. The Hall–Kier alpha value is -5.66. The van der Waals surface area contributed by atoms with Crippen molar-refractivity contribution in [2.75, 3.05) is 4.90 Å². The van der Waals surface area contributed by atoms with Gasteiger partial charge in [-0.05, 0) is 79.5 Å². The van der Waals surface area contributed by atoms with E-state index in [1.165, 1.54) is 54.6 Å². The fraction of sp³-hybridized carbons (Fsp3) is 0. The number of nitrogens with zero attached hydrogens (tertiary/aromatic N) is 1. The van der Waals surface area contributed by atoms with Crippen LogP contribution in [-0.2, 0) is 0 Å². The van der Waals surface area contributed by atoms with Crippen molar-refractivity contribution in [1.29, 1.82) is 0 Å². The summed E-state index contributed by atoms with van der Waals surface area (Å²) in [5.41, 5.74) is 8.39. The molecule has 8 aromatic carbocycles. The van der Waals surface area contributed by atoms with Crippen LogP contribution in [0.3, 0.4) is 0 Å². The molecule has 0 radical (unpaired) electrons. The maximum Gasteiger partial charge on any atom is 0.0540 e. The smallest absolute Gasteiger partial charge is 0.0540 e. The van der Waals surface area contributed by atoms with Gasteiger partial charge < -0.3 is 4.90 Å². The average Bonchev–Trinajstić information content (AvgIpc) is 3.09. The number of benzene rings is 8. The number of fused-ring (bicyclic) bond motifs is 4. The second-order valence-corrected chi connectivity index (χ2v) is 10.9. The topological polar surface area (TPSA) is 3.24 Å². The number of para-hydroxylation sites is 1. The number of hydrogen-bond donors (Lipinski definition) is 0. The third-order valence-electron chi connectivity index (χ3n) is 8.43. The summed E-state index contributed by atoms with van der Waals surface area (Å²) in [6.07, 6.45) is 0. The van der Waals surface area contributed by atoms with Crippen molar-refractivity contribution in [3.63, 3.8) is 0 Å². The predicted octanol–water partition coefficient (Wildman–Crippen LogP) is 11.9. The Morgan fingerprint density at radius 1 is 0.279 bits per heavy atom. The summed E-state index contributed by atoms with van der Waals surface area (Å²) in [6, 6.07) is 63.4. The molecular weight excluding hydrogens is 518 g/mol. The van der Waals surface area contributed by atoms with E-state index in [0.717, 1.165) is 17.1 Å². The number of hydrogen-bond acceptors (Lipinski definition) is 1. The standard InChI is InChI=1S/C42H29N/c1-3-15-31(16-4-1)41-38-23-11-9-21-36(38)37-22-10-12-24-39(37)42(41)32-26-28-34(29-27-32)43(33-18-5-2-6-19-33)40-25-13-17-30-14-7-8-20-35(30)40/h1-29H. The Bertz CT molecular complexity index is 2210. The molecule has 0 aliphatic heterocycles. The van der Waals surface area contributed by atoms with E-state index in [-0.39, 0.29) is 0 Å². The third kappa shape index (κ3) is 4.34. The third-order valence-corrected chi connectivity index (χ3v) is 8.43. The van der Waals surface area contributed by atoms with E-state index in [2.05, 4.69) is 181 Å². The minimum atomic E-state index is 1.12. The summed E-state index contributed by atoms with van der Waals surface area (Å²) in [7, 11) is 0. The van der Waals surface area contributed by atoms with Gasteiger partial charge in [0.15, 0.2) is 0 Å². The lowest BCUT2D eigenvalue weighted by Gasteiger charge is -2.27. The maximum atomic E-state index is 2.36. The molecule has 0 unspecified atom stereocenters. The van der Waals surface area contributed by atoms with E-state index in [9.17, 15) is 0 Å². The highest BCUT2D eigenvalue weighted by molar-refractivity contribution is 6.21. The summed E-state index contributed by atoms with van der Waals surface area (Å²) >= 11 is 0. The van der Waals surface area contributed by atoms with Gasteiger partial charge in [-0.1, -0.05) is 146 Å².